The Hall–Kier alpha value is -3.23. The Morgan fingerprint density at radius 3 is 2.74 bits per heavy atom. The van der Waals surface area contributed by atoms with Crippen molar-refractivity contribution < 1.29 is 9.18 Å². The predicted octanol–water partition coefficient (Wildman–Crippen LogP) is 4.61. The zero-order chi connectivity index (χ0) is 22.0. The second-order valence-corrected chi connectivity index (χ2v) is 8.06. The molecule has 0 bridgehead atoms. The van der Waals surface area contributed by atoms with Crippen LogP contribution in [0.25, 0.3) is 16.6 Å². The number of carbonyl (C=O) groups excluding carboxylic acids is 1. The van der Waals surface area contributed by atoms with E-state index in [-0.39, 0.29) is 22.4 Å². The molecule has 4 aromatic rings. The van der Waals surface area contributed by atoms with Crippen LogP contribution in [0.5, 0.6) is 0 Å². The fraction of sp³-hybridized carbons (Fsp3) is 0.0909. The van der Waals surface area contributed by atoms with E-state index in [1.54, 1.807) is 55.5 Å². The predicted molar refractivity (Wildman–Crippen MR) is 121 cm³/mol. The minimum atomic E-state index is -0.430. The minimum Gasteiger partial charge on any atom is -0.310 e. The number of fused-ring (bicyclic) bond motifs is 1. The molecule has 9 heteroatoms. The average molecular weight is 455 g/mol. The van der Waals surface area contributed by atoms with Gasteiger partial charge in [-0.05, 0) is 48.9 Å². The van der Waals surface area contributed by atoms with Gasteiger partial charge in [-0.25, -0.2) is 14.4 Å². The molecule has 0 radical (unpaired) electrons. The maximum atomic E-state index is 14.2. The van der Waals surface area contributed by atoms with Gasteiger partial charge < -0.3 is 5.32 Å². The molecule has 0 spiro atoms. The fourth-order valence-corrected chi connectivity index (χ4v) is 3.84. The third kappa shape index (κ3) is 4.60. The van der Waals surface area contributed by atoms with Gasteiger partial charge in [-0.2, -0.15) is 0 Å². The maximum Gasteiger partial charge on any atom is 0.266 e. The van der Waals surface area contributed by atoms with Crippen molar-refractivity contribution in [2.75, 3.05) is 11.1 Å². The molecule has 156 valence electrons. The number of aromatic nitrogens is 3. The van der Waals surface area contributed by atoms with Crippen molar-refractivity contribution in [3.05, 3.63) is 87.6 Å². The van der Waals surface area contributed by atoms with E-state index in [1.165, 1.54) is 16.8 Å². The summed E-state index contributed by atoms with van der Waals surface area (Å²) in [5.41, 5.74) is 0.970. The lowest BCUT2D eigenvalue weighted by Gasteiger charge is -2.14. The van der Waals surface area contributed by atoms with Crippen molar-refractivity contribution in [2.45, 2.75) is 12.1 Å². The number of anilines is 1. The molecule has 1 N–H and O–H groups in total. The van der Waals surface area contributed by atoms with Gasteiger partial charge in [0.2, 0.25) is 5.91 Å². The molecule has 31 heavy (non-hydrogen) atoms. The van der Waals surface area contributed by atoms with E-state index < -0.39 is 5.82 Å². The molecule has 0 saturated carbocycles. The van der Waals surface area contributed by atoms with Gasteiger partial charge in [0.25, 0.3) is 5.56 Å². The van der Waals surface area contributed by atoms with Crippen LogP contribution in [0.4, 0.5) is 10.2 Å². The monoisotopic (exact) mass is 454 g/mol. The summed E-state index contributed by atoms with van der Waals surface area (Å²) in [5.74, 6) is -0.424. The van der Waals surface area contributed by atoms with Crippen LogP contribution in [0, 0.1) is 12.7 Å². The van der Waals surface area contributed by atoms with Crippen molar-refractivity contribution in [1.29, 1.82) is 0 Å². The second-order valence-electron chi connectivity index (χ2n) is 6.68. The van der Waals surface area contributed by atoms with Gasteiger partial charge in [-0.1, -0.05) is 41.6 Å². The van der Waals surface area contributed by atoms with E-state index in [0.717, 1.165) is 11.8 Å². The zero-order valence-corrected chi connectivity index (χ0v) is 17.9. The van der Waals surface area contributed by atoms with Crippen molar-refractivity contribution in [2.24, 2.45) is 0 Å². The van der Waals surface area contributed by atoms with E-state index >= 15 is 0 Å². The zero-order valence-electron chi connectivity index (χ0n) is 16.3. The molecule has 2 aromatic carbocycles. The quantitative estimate of drug-likeness (QED) is 0.352. The lowest BCUT2D eigenvalue weighted by molar-refractivity contribution is -0.113. The number of carbonyl (C=O) groups is 1. The van der Waals surface area contributed by atoms with Crippen LogP contribution in [-0.2, 0) is 4.79 Å². The van der Waals surface area contributed by atoms with Crippen molar-refractivity contribution in [1.82, 2.24) is 14.5 Å². The van der Waals surface area contributed by atoms with Gasteiger partial charge >= 0.3 is 0 Å². The second kappa shape index (κ2) is 8.87. The number of thioether (sulfide) groups is 1. The summed E-state index contributed by atoms with van der Waals surface area (Å²) in [6.45, 7) is 1.64. The molecule has 6 nitrogen and oxygen atoms in total. The van der Waals surface area contributed by atoms with Crippen LogP contribution in [0.3, 0.4) is 0 Å². The largest absolute Gasteiger partial charge is 0.310 e. The molecule has 0 atom stereocenters. The number of halogens is 2. The summed E-state index contributed by atoms with van der Waals surface area (Å²) in [6.07, 6.45) is 1.43. The number of nitrogens with zero attached hydrogens (tertiary/aromatic N) is 3. The van der Waals surface area contributed by atoms with Crippen molar-refractivity contribution in [3.63, 3.8) is 0 Å². The SMILES string of the molecule is Cc1ccc(-n2c(SCC(=O)Nc3ccc(Cl)cn3)nc3ccccc3c2=O)cc1F. The maximum absolute atomic E-state index is 14.2. The van der Waals surface area contributed by atoms with Crippen molar-refractivity contribution >= 4 is 46.0 Å². The number of benzene rings is 2. The summed E-state index contributed by atoms with van der Waals surface area (Å²) in [5, 5.41) is 3.81. The summed E-state index contributed by atoms with van der Waals surface area (Å²) in [7, 11) is 0. The Labute approximate surface area is 186 Å². The molecule has 0 aliphatic heterocycles. The number of aryl methyl sites for hydroxylation is 1. The number of nitrogens with one attached hydrogen (secondary N) is 1. The number of rotatable bonds is 5. The van der Waals surface area contributed by atoms with Gasteiger partial charge in [0.15, 0.2) is 5.16 Å². The molecule has 0 saturated heterocycles. The highest BCUT2D eigenvalue weighted by molar-refractivity contribution is 7.99. The number of hydrogen-bond acceptors (Lipinski definition) is 5. The molecular weight excluding hydrogens is 439 g/mol. The summed E-state index contributed by atoms with van der Waals surface area (Å²) in [6, 6.07) is 14.6. The minimum absolute atomic E-state index is 0.0244. The Morgan fingerprint density at radius 2 is 2.00 bits per heavy atom. The highest BCUT2D eigenvalue weighted by Crippen LogP contribution is 2.23. The Bertz CT molecular complexity index is 1340. The number of amides is 1. The van der Waals surface area contributed by atoms with Gasteiger partial charge in [-0.15, -0.1) is 0 Å². The molecule has 2 aromatic heterocycles. The summed E-state index contributed by atoms with van der Waals surface area (Å²) >= 11 is 6.88. The Morgan fingerprint density at radius 1 is 1.19 bits per heavy atom. The fourth-order valence-electron chi connectivity index (χ4n) is 2.92. The standard InChI is InChI=1S/C22H16ClFN4O2S/c1-13-6-8-15(10-17(13)24)28-21(30)16-4-2-3-5-18(16)26-22(28)31-12-20(29)27-19-9-7-14(23)11-25-19/h2-11H,12H2,1H3,(H,25,27,29). The molecule has 1 amide bonds. The lowest BCUT2D eigenvalue weighted by atomic mass is 10.2. The number of para-hydroxylation sites is 1. The van der Waals surface area contributed by atoms with E-state index in [9.17, 15) is 14.0 Å². The Balaban J connectivity index is 1.68. The van der Waals surface area contributed by atoms with Gasteiger partial charge in [-0.3, -0.25) is 14.2 Å². The molecule has 0 fully saturated rings. The third-order valence-electron chi connectivity index (χ3n) is 4.49. The van der Waals surface area contributed by atoms with Gasteiger partial charge in [0, 0.05) is 6.20 Å². The highest BCUT2D eigenvalue weighted by Gasteiger charge is 2.16. The van der Waals surface area contributed by atoms with Crippen LogP contribution in [0.1, 0.15) is 5.56 Å². The smallest absolute Gasteiger partial charge is 0.266 e. The van der Waals surface area contributed by atoms with Crippen LogP contribution in [0.15, 0.2) is 70.7 Å². The molecule has 2 heterocycles. The molecular formula is C22H16ClFN4O2S. The third-order valence-corrected chi connectivity index (χ3v) is 5.65. The highest BCUT2D eigenvalue weighted by atomic mass is 35.5. The van der Waals surface area contributed by atoms with Gasteiger partial charge in [0.1, 0.15) is 11.6 Å². The lowest BCUT2D eigenvalue weighted by Crippen LogP contribution is -2.23. The topological polar surface area (TPSA) is 76.9 Å². The average Bonchev–Trinajstić information content (AvgIpc) is 2.76. The van der Waals surface area contributed by atoms with Crippen LogP contribution in [0.2, 0.25) is 5.02 Å². The van der Waals surface area contributed by atoms with E-state index in [2.05, 4.69) is 15.3 Å². The first-order valence-corrected chi connectivity index (χ1v) is 10.6. The first-order valence-electron chi connectivity index (χ1n) is 9.25. The molecule has 0 aliphatic rings. The molecule has 4 rings (SSSR count). The van der Waals surface area contributed by atoms with Crippen LogP contribution >= 0.6 is 23.4 Å². The number of pyridine rings is 1. The Kier molecular flexibility index (Phi) is 6.01. The summed E-state index contributed by atoms with van der Waals surface area (Å²) in [4.78, 5) is 34.1. The summed E-state index contributed by atoms with van der Waals surface area (Å²) < 4.78 is 15.5. The molecule has 0 unspecified atom stereocenters. The van der Waals surface area contributed by atoms with Crippen molar-refractivity contribution in [3.8, 4) is 5.69 Å². The first kappa shape index (κ1) is 21.0. The first-order chi connectivity index (χ1) is 14.9. The van der Waals surface area contributed by atoms with E-state index in [0.29, 0.717) is 33.0 Å². The van der Waals surface area contributed by atoms with Gasteiger partial charge in [0.05, 0.1) is 27.4 Å². The van der Waals surface area contributed by atoms with E-state index in [1.807, 2.05) is 0 Å². The normalized spacial score (nSPS) is 10.9. The van der Waals surface area contributed by atoms with Crippen LogP contribution < -0.4 is 10.9 Å². The molecule has 0 aliphatic carbocycles. The van der Waals surface area contributed by atoms with E-state index in [4.69, 9.17) is 11.6 Å². The van der Waals surface area contributed by atoms with Crippen LogP contribution in [-0.4, -0.2) is 26.2 Å². The number of hydrogen-bond donors (Lipinski definition) is 1.